The fraction of sp³-hybridized carbons (Fsp3) is 0.571. The number of ketones is 1. The highest BCUT2D eigenvalue weighted by atomic mass is 16.7. The van der Waals surface area contributed by atoms with E-state index in [0.717, 1.165) is 18.5 Å². The molecule has 2 heterocycles. The lowest BCUT2D eigenvalue weighted by molar-refractivity contribution is -0.153. The summed E-state index contributed by atoms with van der Waals surface area (Å²) < 4.78 is 10.8. The van der Waals surface area contributed by atoms with Gasteiger partial charge in [0.1, 0.15) is 5.92 Å². The minimum absolute atomic E-state index is 0.0145. The molecule has 1 fully saturated rings. The lowest BCUT2D eigenvalue weighted by atomic mass is 9.89. The number of rotatable bonds is 8. The standard InChI is InChI=1S/C21H27N3O6/c1-3-5-13-8-21(13,10-24(28)11-25)22-20(27)15-9-23(4-2)16-7-18-17(29-12-30-18)6-14(16)19(15)26/h6-7,11,13,15,28H,3-5,8-10,12H2,1-2H3,(H,22,27). The van der Waals surface area contributed by atoms with Crippen molar-refractivity contribution in [1.82, 2.24) is 10.4 Å². The summed E-state index contributed by atoms with van der Waals surface area (Å²) in [6, 6.07) is 3.44. The number of ether oxygens (including phenoxy) is 2. The predicted octanol–water partition coefficient (Wildman–Crippen LogP) is 1.58. The van der Waals surface area contributed by atoms with Crippen LogP contribution in [0.4, 0.5) is 5.69 Å². The summed E-state index contributed by atoms with van der Waals surface area (Å²) in [5.41, 5.74) is 0.498. The number of carbonyl (C=O) groups excluding carboxylic acids is 3. The topological polar surface area (TPSA) is 108 Å². The maximum Gasteiger partial charge on any atom is 0.233 e. The van der Waals surface area contributed by atoms with Gasteiger partial charge in [-0.1, -0.05) is 13.3 Å². The van der Waals surface area contributed by atoms with Crippen LogP contribution in [0.1, 0.15) is 43.5 Å². The number of Topliss-reactive ketones (excluding diaryl/α,β-unsaturated/α-hetero) is 1. The summed E-state index contributed by atoms with van der Waals surface area (Å²) in [6.07, 6.45) is 2.81. The van der Waals surface area contributed by atoms with Gasteiger partial charge in [0.05, 0.1) is 17.8 Å². The average Bonchev–Trinajstić information content (AvgIpc) is 3.17. The maximum atomic E-state index is 13.2. The van der Waals surface area contributed by atoms with Crippen molar-refractivity contribution in [2.75, 3.05) is 31.3 Å². The van der Waals surface area contributed by atoms with E-state index < -0.39 is 11.5 Å². The molecule has 4 rings (SSSR count). The Bertz CT molecular complexity index is 875. The lowest BCUT2D eigenvalue weighted by Gasteiger charge is -2.35. The zero-order valence-corrected chi connectivity index (χ0v) is 17.2. The highest BCUT2D eigenvalue weighted by Crippen LogP contribution is 2.47. The lowest BCUT2D eigenvalue weighted by Crippen LogP contribution is -2.53. The first kappa shape index (κ1) is 20.5. The molecule has 0 saturated heterocycles. The first-order valence-corrected chi connectivity index (χ1v) is 10.4. The van der Waals surface area contributed by atoms with Gasteiger partial charge in [-0.2, -0.15) is 0 Å². The molecule has 2 amide bonds. The van der Waals surface area contributed by atoms with Crippen molar-refractivity contribution in [3.05, 3.63) is 17.7 Å². The number of benzene rings is 1. The van der Waals surface area contributed by atoms with Crippen molar-refractivity contribution >= 4 is 23.8 Å². The zero-order chi connectivity index (χ0) is 21.5. The van der Waals surface area contributed by atoms with Gasteiger partial charge in [-0.05, 0) is 31.7 Å². The quantitative estimate of drug-likeness (QED) is 0.286. The Labute approximate surface area is 174 Å². The number of hydrogen-bond acceptors (Lipinski definition) is 7. The SMILES string of the molecule is CCCC1CC1(CN(O)C=O)NC(=O)C1CN(CC)c2cc3c(cc2C1=O)OCO3. The summed E-state index contributed by atoms with van der Waals surface area (Å²) in [6.45, 7) is 5.03. The van der Waals surface area contributed by atoms with Gasteiger partial charge >= 0.3 is 0 Å². The Morgan fingerprint density at radius 1 is 1.37 bits per heavy atom. The second-order valence-corrected chi connectivity index (χ2v) is 8.22. The summed E-state index contributed by atoms with van der Waals surface area (Å²) in [5.74, 6) is -0.241. The Morgan fingerprint density at radius 3 is 2.77 bits per heavy atom. The fourth-order valence-corrected chi connectivity index (χ4v) is 4.63. The van der Waals surface area contributed by atoms with Gasteiger partial charge in [-0.25, -0.2) is 5.06 Å². The molecular formula is C21H27N3O6. The zero-order valence-electron chi connectivity index (χ0n) is 17.2. The number of carbonyl (C=O) groups is 3. The maximum absolute atomic E-state index is 13.2. The molecule has 2 N–H and O–H groups in total. The number of nitrogens with one attached hydrogen (secondary N) is 1. The number of anilines is 1. The monoisotopic (exact) mass is 417 g/mol. The number of hydroxylamine groups is 2. The smallest absolute Gasteiger partial charge is 0.233 e. The van der Waals surface area contributed by atoms with E-state index >= 15 is 0 Å². The van der Waals surface area contributed by atoms with Crippen LogP contribution in [0.15, 0.2) is 12.1 Å². The van der Waals surface area contributed by atoms with E-state index in [4.69, 9.17) is 9.47 Å². The molecule has 3 unspecified atom stereocenters. The van der Waals surface area contributed by atoms with Gasteiger partial charge < -0.3 is 19.7 Å². The Kier molecular flexibility index (Phi) is 5.31. The first-order valence-electron chi connectivity index (χ1n) is 10.4. The van der Waals surface area contributed by atoms with Crippen molar-refractivity contribution in [1.29, 1.82) is 0 Å². The molecule has 30 heavy (non-hydrogen) atoms. The van der Waals surface area contributed by atoms with Gasteiger partial charge in [0, 0.05) is 24.7 Å². The summed E-state index contributed by atoms with van der Waals surface area (Å²) in [7, 11) is 0. The van der Waals surface area contributed by atoms with E-state index in [1.807, 2.05) is 18.7 Å². The largest absolute Gasteiger partial charge is 0.454 e. The molecule has 1 aliphatic carbocycles. The van der Waals surface area contributed by atoms with Gasteiger partial charge in [-0.3, -0.25) is 19.6 Å². The molecule has 0 radical (unpaired) electrons. The number of fused-ring (bicyclic) bond motifs is 2. The summed E-state index contributed by atoms with van der Waals surface area (Å²) in [4.78, 5) is 39.3. The molecule has 9 heteroatoms. The van der Waals surface area contributed by atoms with Gasteiger partial charge in [0.15, 0.2) is 17.3 Å². The molecule has 0 bridgehead atoms. The van der Waals surface area contributed by atoms with Crippen LogP contribution >= 0.6 is 0 Å². The van der Waals surface area contributed by atoms with Gasteiger partial charge in [0.25, 0.3) is 0 Å². The molecule has 3 atom stereocenters. The second kappa shape index (κ2) is 7.79. The van der Waals surface area contributed by atoms with Crippen LogP contribution in [0.5, 0.6) is 11.5 Å². The molecule has 162 valence electrons. The van der Waals surface area contributed by atoms with Crippen molar-refractivity contribution < 1.29 is 29.1 Å². The Balaban J connectivity index is 1.57. The van der Waals surface area contributed by atoms with Crippen LogP contribution in [0.2, 0.25) is 0 Å². The molecule has 2 aliphatic heterocycles. The third-order valence-electron chi connectivity index (χ3n) is 6.32. The summed E-state index contributed by atoms with van der Waals surface area (Å²) in [5, 5.41) is 13.3. The molecule has 1 saturated carbocycles. The number of hydrogen-bond donors (Lipinski definition) is 2. The molecule has 9 nitrogen and oxygen atoms in total. The van der Waals surface area contributed by atoms with Crippen LogP contribution in [-0.4, -0.2) is 60.3 Å². The van der Waals surface area contributed by atoms with Crippen LogP contribution in [-0.2, 0) is 9.59 Å². The molecular weight excluding hydrogens is 390 g/mol. The average molecular weight is 417 g/mol. The predicted molar refractivity (Wildman–Crippen MR) is 107 cm³/mol. The normalized spacial score (nSPS) is 26.2. The first-order chi connectivity index (χ1) is 14.4. The third kappa shape index (κ3) is 3.47. The van der Waals surface area contributed by atoms with Crippen molar-refractivity contribution in [2.24, 2.45) is 11.8 Å². The van der Waals surface area contributed by atoms with Gasteiger partial charge in [0.2, 0.25) is 19.1 Å². The molecule has 3 aliphatic rings. The second-order valence-electron chi connectivity index (χ2n) is 8.22. The van der Waals surface area contributed by atoms with Crippen LogP contribution in [0.3, 0.4) is 0 Å². The third-order valence-corrected chi connectivity index (χ3v) is 6.32. The van der Waals surface area contributed by atoms with Crippen molar-refractivity contribution in [2.45, 2.75) is 38.6 Å². The Hall–Kier alpha value is -2.81. The van der Waals surface area contributed by atoms with Crippen molar-refractivity contribution in [3.8, 4) is 11.5 Å². The molecule has 1 aromatic rings. The van der Waals surface area contributed by atoms with E-state index in [-0.39, 0.29) is 37.5 Å². The van der Waals surface area contributed by atoms with Crippen LogP contribution in [0, 0.1) is 11.8 Å². The molecule has 1 aromatic carbocycles. The van der Waals surface area contributed by atoms with Crippen LogP contribution < -0.4 is 19.7 Å². The molecule has 0 spiro atoms. The van der Waals surface area contributed by atoms with E-state index in [1.165, 1.54) is 0 Å². The minimum atomic E-state index is -0.874. The van der Waals surface area contributed by atoms with Crippen molar-refractivity contribution in [3.63, 3.8) is 0 Å². The van der Waals surface area contributed by atoms with Gasteiger partial charge in [-0.15, -0.1) is 0 Å². The minimum Gasteiger partial charge on any atom is -0.454 e. The van der Waals surface area contributed by atoms with E-state index in [2.05, 4.69) is 5.32 Å². The van der Waals surface area contributed by atoms with E-state index in [1.54, 1.807) is 12.1 Å². The molecule has 0 aromatic heterocycles. The van der Waals surface area contributed by atoms with E-state index in [9.17, 15) is 19.6 Å². The Morgan fingerprint density at radius 2 is 2.10 bits per heavy atom. The summed E-state index contributed by atoms with van der Waals surface area (Å²) >= 11 is 0. The van der Waals surface area contributed by atoms with E-state index in [0.29, 0.717) is 41.5 Å². The van der Waals surface area contributed by atoms with Crippen LogP contribution in [0.25, 0.3) is 0 Å². The highest BCUT2D eigenvalue weighted by molar-refractivity contribution is 6.15. The number of nitrogens with zero attached hydrogens (tertiary/aromatic N) is 2. The number of amides is 2. The fourth-order valence-electron chi connectivity index (χ4n) is 4.63. The highest BCUT2D eigenvalue weighted by Gasteiger charge is 2.56.